The Morgan fingerprint density at radius 1 is 0.870 bits per heavy atom. The van der Waals surface area contributed by atoms with Gasteiger partial charge in [0.1, 0.15) is 0 Å². The van der Waals surface area contributed by atoms with Crippen LogP contribution in [0.5, 0.6) is 17.2 Å². The molecular formula is C18H21NO4. The van der Waals surface area contributed by atoms with E-state index in [-0.39, 0.29) is 5.91 Å². The second-order valence-corrected chi connectivity index (χ2v) is 5.21. The third-order valence-electron chi connectivity index (χ3n) is 3.43. The summed E-state index contributed by atoms with van der Waals surface area (Å²) in [5.41, 5.74) is 3.29. The summed E-state index contributed by atoms with van der Waals surface area (Å²) in [7, 11) is 4.53. The standard InChI is InChI=1S/C18H21NO4/c1-11-8-12(2)10-13(9-11)19-18(20)14-6-7-15(21-3)17(23-5)16(14)22-4/h6-10H,1-5H3,(H,19,20). The monoisotopic (exact) mass is 315 g/mol. The lowest BCUT2D eigenvalue weighted by Crippen LogP contribution is -2.14. The number of carbonyl (C=O) groups excluding carboxylic acids is 1. The predicted molar refractivity (Wildman–Crippen MR) is 90.0 cm³/mol. The number of hydrogen-bond acceptors (Lipinski definition) is 4. The first-order valence-corrected chi connectivity index (χ1v) is 7.18. The normalized spacial score (nSPS) is 10.1. The Balaban J connectivity index is 2.39. The van der Waals surface area contributed by atoms with Gasteiger partial charge in [0.25, 0.3) is 5.91 Å². The van der Waals surface area contributed by atoms with Crippen molar-refractivity contribution in [1.29, 1.82) is 0 Å². The van der Waals surface area contributed by atoms with E-state index in [1.54, 1.807) is 12.1 Å². The largest absolute Gasteiger partial charge is 0.493 e. The van der Waals surface area contributed by atoms with Crippen LogP contribution < -0.4 is 19.5 Å². The van der Waals surface area contributed by atoms with Crippen LogP contribution in [0.4, 0.5) is 5.69 Å². The fourth-order valence-electron chi connectivity index (χ4n) is 2.53. The van der Waals surface area contributed by atoms with Crippen LogP contribution in [-0.2, 0) is 0 Å². The van der Waals surface area contributed by atoms with E-state index in [0.29, 0.717) is 22.8 Å². The van der Waals surface area contributed by atoms with Gasteiger partial charge in [0.05, 0.1) is 26.9 Å². The molecule has 0 aliphatic rings. The number of benzene rings is 2. The molecule has 0 heterocycles. The van der Waals surface area contributed by atoms with Crippen LogP contribution in [0.15, 0.2) is 30.3 Å². The maximum Gasteiger partial charge on any atom is 0.259 e. The van der Waals surface area contributed by atoms with E-state index in [1.165, 1.54) is 21.3 Å². The highest BCUT2D eigenvalue weighted by atomic mass is 16.5. The van der Waals surface area contributed by atoms with Gasteiger partial charge in [-0.05, 0) is 49.2 Å². The van der Waals surface area contributed by atoms with Crippen molar-refractivity contribution in [3.63, 3.8) is 0 Å². The Labute approximate surface area is 136 Å². The molecule has 0 aliphatic carbocycles. The van der Waals surface area contributed by atoms with Crippen molar-refractivity contribution in [2.75, 3.05) is 26.6 Å². The highest BCUT2D eigenvalue weighted by Gasteiger charge is 2.20. The van der Waals surface area contributed by atoms with Gasteiger partial charge >= 0.3 is 0 Å². The second kappa shape index (κ2) is 7.05. The maximum absolute atomic E-state index is 12.6. The fourth-order valence-corrected chi connectivity index (χ4v) is 2.53. The van der Waals surface area contributed by atoms with Crippen LogP contribution in [0.25, 0.3) is 0 Å². The first kappa shape index (κ1) is 16.7. The van der Waals surface area contributed by atoms with Crippen LogP contribution in [0.1, 0.15) is 21.5 Å². The van der Waals surface area contributed by atoms with Gasteiger partial charge in [-0.25, -0.2) is 0 Å². The van der Waals surface area contributed by atoms with Crippen LogP contribution in [0, 0.1) is 13.8 Å². The molecule has 0 spiro atoms. The number of ether oxygens (including phenoxy) is 3. The zero-order chi connectivity index (χ0) is 17.0. The first-order chi connectivity index (χ1) is 11.0. The lowest BCUT2D eigenvalue weighted by Gasteiger charge is -2.15. The molecule has 0 aliphatic heterocycles. The van der Waals surface area contributed by atoms with Crippen molar-refractivity contribution < 1.29 is 19.0 Å². The minimum atomic E-state index is -0.271. The van der Waals surface area contributed by atoms with E-state index in [4.69, 9.17) is 14.2 Å². The third kappa shape index (κ3) is 3.56. The summed E-state index contributed by atoms with van der Waals surface area (Å²) in [6.07, 6.45) is 0. The van der Waals surface area contributed by atoms with E-state index in [9.17, 15) is 4.79 Å². The number of hydrogen-bond donors (Lipinski definition) is 1. The van der Waals surface area contributed by atoms with E-state index in [1.807, 2.05) is 32.0 Å². The highest BCUT2D eigenvalue weighted by Crippen LogP contribution is 2.39. The van der Waals surface area contributed by atoms with E-state index in [0.717, 1.165) is 16.8 Å². The summed E-state index contributed by atoms with van der Waals surface area (Å²) in [5.74, 6) is 0.969. The summed E-state index contributed by atoms with van der Waals surface area (Å²) in [4.78, 5) is 12.6. The quantitative estimate of drug-likeness (QED) is 0.916. The number of amides is 1. The van der Waals surface area contributed by atoms with E-state index >= 15 is 0 Å². The number of carbonyl (C=O) groups is 1. The summed E-state index contributed by atoms with van der Waals surface area (Å²) in [6.45, 7) is 3.97. The molecule has 0 fully saturated rings. The molecule has 23 heavy (non-hydrogen) atoms. The molecule has 2 rings (SSSR count). The Hall–Kier alpha value is -2.69. The van der Waals surface area contributed by atoms with E-state index in [2.05, 4.69) is 5.32 Å². The van der Waals surface area contributed by atoms with Gasteiger partial charge in [0.2, 0.25) is 5.75 Å². The molecule has 1 amide bonds. The number of aryl methyl sites for hydroxylation is 2. The molecular weight excluding hydrogens is 294 g/mol. The van der Waals surface area contributed by atoms with Gasteiger partial charge in [-0.1, -0.05) is 6.07 Å². The number of rotatable bonds is 5. The molecule has 0 bridgehead atoms. The number of anilines is 1. The minimum absolute atomic E-state index is 0.271. The predicted octanol–water partition coefficient (Wildman–Crippen LogP) is 3.58. The molecule has 0 radical (unpaired) electrons. The molecule has 0 atom stereocenters. The van der Waals surface area contributed by atoms with Gasteiger partial charge in [0.15, 0.2) is 11.5 Å². The van der Waals surface area contributed by atoms with Gasteiger partial charge in [-0.15, -0.1) is 0 Å². The van der Waals surface area contributed by atoms with Crippen molar-refractivity contribution in [2.45, 2.75) is 13.8 Å². The molecule has 1 N–H and O–H groups in total. The summed E-state index contributed by atoms with van der Waals surface area (Å²) < 4.78 is 15.9. The molecule has 5 heteroatoms. The fraction of sp³-hybridized carbons (Fsp3) is 0.278. The van der Waals surface area contributed by atoms with Gasteiger partial charge < -0.3 is 19.5 Å². The van der Waals surface area contributed by atoms with Crippen LogP contribution in [0.3, 0.4) is 0 Å². The molecule has 0 aromatic heterocycles. The Bertz CT molecular complexity index is 705. The average Bonchev–Trinajstić information content (AvgIpc) is 2.51. The number of nitrogens with one attached hydrogen (secondary N) is 1. The topological polar surface area (TPSA) is 56.8 Å². The zero-order valence-electron chi connectivity index (χ0n) is 14.0. The van der Waals surface area contributed by atoms with Crippen LogP contribution >= 0.6 is 0 Å². The Morgan fingerprint density at radius 2 is 1.48 bits per heavy atom. The van der Waals surface area contributed by atoms with Gasteiger partial charge in [0, 0.05) is 5.69 Å². The first-order valence-electron chi connectivity index (χ1n) is 7.18. The van der Waals surface area contributed by atoms with Crippen molar-refractivity contribution in [2.24, 2.45) is 0 Å². The third-order valence-corrected chi connectivity index (χ3v) is 3.43. The maximum atomic E-state index is 12.6. The van der Waals surface area contributed by atoms with Gasteiger partial charge in [-0.2, -0.15) is 0 Å². The molecule has 2 aromatic carbocycles. The molecule has 0 unspecified atom stereocenters. The summed E-state index contributed by atoms with van der Waals surface area (Å²) in [5, 5.41) is 2.89. The van der Waals surface area contributed by atoms with E-state index < -0.39 is 0 Å². The van der Waals surface area contributed by atoms with Crippen LogP contribution in [-0.4, -0.2) is 27.2 Å². The zero-order valence-corrected chi connectivity index (χ0v) is 14.0. The summed E-state index contributed by atoms with van der Waals surface area (Å²) >= 11 is 0. The molecule has 5 nitrogen and oxygen atoms in total. The van der Waals surface area contributed by atoms with Crippen molar-refractivity contribution in [1.82, 2.24) is 0 Å². The molecule has 0 saturated carbocycles. The molecule has 0 saturated heterocycles. The SMILES string of the molecule is COc1ccc(C(=O)Nc2cc(C)cc(C)c2)c(OC)c1OC. The Kier molecular flexibility index (Phi) is 5.11. The van der Waals surface area contributed by atoms with Gasteiger partial charge in [-0.3, -0.25) is 4.79 Å². The van der Waals surface area contributed by atoms with Crippen molar-refractivity contribution >= 4 is 11.6 Å². The number of methoxy groups -OCH3 is 3. The lowest BCUT2D eigenvalue weighted by atomic mass is 10.1. The summed E-state index contributed by atoms with van der Waals surface area (Å²) in [6, 6.07) is 9.21. The van der Waals surface area contributed by atoms with Crippen LogP contribution in [0.2, 0.25) is 0 Å². The average molecular weight is 315 g/mol. The second-order valence-electron chi connectivity index (χ2n) is 5.21. The Morgan fingerprint density at radius 3 is 2.00 bits per heavy atom. The van der Waals surface area contributed by atoms with Crippen molar-refractivity contribution in [3.8, 4) is 17.2 Å². The van der Waals surface area contributed by atoms with Crippen molar-refractivity contribution in [3.05, 3.63) is 47.0 Å². The lowest BCUT2D eigenvalue weighted by molar-refractivity contribution is 0.102. The molecule has 122 valence electrons. The highest BCUT2D eigenvalue weighted by molar-refractivity contribution is 6.07. The smallest absolute Gasteiger partial charge is 0.259 e. The molecule has 2 aromatic rings. The minimum Gasteiger partial charge on any atom is -0.493 e.